The van der Waals surface area contributed by atoms with Gasteiger partial charge in [0, 0.05) is 44.3 Å². The molecule has 1 saturated heterocycles. The topological polar surface area (TPSA) is 48.9 Å². The first-order valence-electron chi connectivity index (χ1n) is 10.1. The van der Waals surface area contributed by atoms with Gasteiger partial charge in [0.25, 0.3) is 0 Å². The maximum atomic E-state index is 5.43. The maximum Gasteiger partial charge on any atom is 0.191 e. The number of hydrogen-bond donors (Lipinski definition) is 2. The predicted molar refractivity (Wildman–Crippen MR) is 116 cm³/mol. The van der Waals surface area contributed by atoms with Gasteiger partial charge in [0.1, 0.15) is 5.75 Å². The molecule has 150 valence electrons. The highest BCUT2D eigenvalue weighted by molar-refractivity contribution is 5.80. The molecule has 2 aromatic rings. The average Bonchev–Trinajstić information content (AvgIpc) is 2.74. The van der Waals surface area contributed by atoms with Crippen LogP contribution in [0.4, 0.5) is 0 Å². The van der Waals surface area contributed by atoms with E-state index in [1.165, 1.54) is 5.56 Å². The number of para-hydroxylation sites is 1. The van der Waals surface area contributed by atoms with Crippen LogP contribution in [0.3, 0.4) is 0 Å². The van der Waals surface area contributed by atoms with E-state index in [2.05, 4.69) is 63.8 Å². The highest BCUT2D eigenvalue weighted by Gasteiger charge is 2.25. The van der Waals surface area contributed by atoms with Gasteiger partial charge in [-0.05, 0) is 31.4 Å². The fourth-order valence-electron chi connectivity index (χ4n) is 3.82. The van der Waals surface area contributed by atoms with E-state index in [1.807, 2.05) is 25.2 Å². The number of likely N-dealkylation sites (tertiary alicyclic amines) is 1. The predicted octanol–water partition coefficient (Wildman–Crippen LogP) is 3.41. The van der Waals surface area contributed by atoms with Crippen molar-refractivity contribution >= 4 is 5.96 Å². The van der Waals surface area contributed by atoms with E-state index in [0.29, 0.717) is 18.6 Å². The van der Waals surface area contributed by atoms with Crippen LogP contribution in [0.5, 0.6) is 5.75 Å². The molecule has 2 unspecified atom stereocenters. The van der Waals surface area contributed by atoms with Crippen LogP contribution in [0.2, 0.25) is 0 Å². The zero-order chi connectivity index (χ0) is 19.8. The minimum absolute atomic E-state index is 0.436. The number of methoxy groups -OCH3 is 1. The number of nitrogens with one attached hydrogen (secondary N) is 2. The van der Waals surface area contributed by atoms with E-state index >= 15 is 0 Å². The maximum absolute atomic E-state index is 5.43. The fourth-order valence-corrected chi connectivity index (χ4v) is 3.82. The Balaban J connectivity index is 1.49. The second kappa shape index (κ2) is 10.1. The normalized spacial score (nSPS) is 20.6. The third kappa shape index (κ3) is 5.49. The lowest BCUT2D eigenvalue weighted by molar-refractivity contribution is 0.134. The van der Waals surface area contributed by atoms with E-state index < -0.39 is 0 Å². The molecule has 3 rings (SSSR count). The Morgan fingerprint density at radius 3 is 2.61 bits per heavy atom. The van der Waals surface area contributed by atoms with Gasteiger partial charge in [-0.25, -0.2) is 0 Å². The summed E-state index contributed by atoms with van der Waals surface area (Å²) in [4.78, 5) is 6.97. The molecule has 0 radical (unpaired) electrons. The summed E-state index contributed by atoms with van der Waals surface area (Å²) in [6, 6.07) is 19.8. The number of piperidine rings is 1. The number of rotatable bonds is 6. The number of guanidine groups is 1. The fraction of sp³-hybridized carbons (Fsp3) is 0.435. The molecule has 28 heavy (non-hydrogen) atoms. The Morgan fingerprint density at radius 1 is 1.14 bits per heavy atom. The lowest BCUT2D eigenvalue weighted by atomic mass is 9.97. The van der Waals surface area contributed by atoms with Crippen LogP contribution < -0.4 is 15.4 Å². The van der Waals surface area contributed by atoms with Crippen molar-refractivity contribution in [3.8, 4) is 5.75 Å². The molecule has 5 heteroatoms. The lowest BCUT2D eigenvalue weighted by Gasteiger charge is -2.38. The van der Waals surface area contributed by atoms with Crippen molar-refractivity contribution in [2.45, 2.75) is 44.9 Å². The van der Waals surface area contributed by atoms with Gasteiger partial charge in [-0.15, -0.1) is 0 Å². The SMILES string of the molecule is CN=C(NCc1ccccc1OC)NC1CCN(Cc2ccccc2)C(C)C1. The van der Waals surface area contributed by atoms with Gasteiger partial charge >= 0.3 is 0 Å². The molecule has 2 atom stereocenters. The minimum atomic E-state index is 0.436. The highest BCUT2D eigenvalue weighted by atomic mass is 16.5. The average molecular weight is 381 g/mol. The van der Waals surface area contributed by atoms with Gasteiger partial charge in [0.2, 0.25) is 0 Å². The van der Waals surface area contributed by atoms with Crippen molar-refractivity contribution < 1.29 is 4.74 Å². The van der Waals surface area contributed by atoms with Crippen molar-refractivity contribution in [2.24, 2.45) is 4.99 Å². The third-order valence-corrected chi connectivity index (χ3v) is 5.45. The second-order valence-electron chi connectivity index (χ2n) is 7.41. The van der Waals surface area contributed by atoms with Gasteiger partial charge in [0.15, 0.2) is 5.96 Å². The largest absolute Gasteiger partial charge is 0.496 e. The molecule has 0 aliphatic carbocycles. The first-order valence-corrected chi connectivity index (χ1v) is 10.1. The van der Waals surface area contributed by atoms with Crippen molar-refractivity contribution in [1.82, 2.24) is 15.5 Å². The summed E-state index contributed by atoms with van der Waals surface area (Å²) in [5, 5.41) is 7.02. The zero-order valence-corrected chi connectivity index (χ0v) is 17.2. The summed E-state index contributed by atoms with van der Waals surface area (Å²) in [5.74, 6) is 1.74. The van der Waals surface area contributed by atoms with Gasteiger partial charge in [-0.2, -0.15) is 0 Å². The summed E-state index contributed by atoms with van der Waals surface area (Å²) in [6.45, 7) is 5.13. The first kappa shape index (κ1) is 20.2. The van der Waals surface area contributed by atoms with Crippen molar-refractivity contribution in [3.63, 3.8) is 0 Å². The van der Waals surface area contributed by atoms with Crippen LogP contribution >= 0.6 is 0 Å². The van der Waals surface area contributed by atoms with Crippen molar-refractivity contribution in [3.05, 3.63) is 65.7 Å². The minimum Gasteiger partial charge on any atom is -0.496 e. The quantitative estimate of drug-likeness (QED) is 0.596. The Labute approximate surface area is 168 Å². The molecule has 1 heterocycles. The number of nitrogens with zero attached hydrogens (tertiary/aromatic N) is 2. The summed E-state index contributed by atoms with van der Waals surface area (Å²) >= 11 is 0. The Bertz CT molecular complexity index is 762. The van der Waals surface area contributed by atoms with Gasteiger partial charge < -0.3 is 15.4 Å². The van der Waals surface area contributed by atoms with Gasteiger partial charge in [-0.1, -0.05) is 48.5 Å². The van der Waals surface area contributed by atoms with Crippen LogP contribution in [0, 0.1) is 0 Å². The summed E-state index contributed by atoms with van der Waals surface area (Å²) in [7, 11) is 3.53. The Hall–Kier alpha value is -2.53. The lowest BCUT2D eigenvalue weighted by Crippen LogP contribution is -2.51. The van der Waals surface area contributed by atoms with Gasteiger partial charge in [0.05, 0.1) is 7.11 Å². The standard InChI is InChI=1S/C23H32N4O/c1-18-15-21(13-14-27(18)17-19-9-5-4-6-10-19)26-23(24-2)25-16-20-11-7-8-12-22(20)28-3/h4-12,18,21H,13-17H2,1-3H3,(H2,24,25,26). The third-order valence-electron chi connectivity index (χ3n) is 5.45. The second-order valence-corrected chi connectivity index (χ2v) is 7.41. The summed E-state index contributed by atoms with van der Waals surface area (Å²) < 4.78 is 5.43. The Morgan fingerprint density at radius 2 is 1.89 bits per heavy atom. The summed E-state index contributed by atoms with van der Waals surface area (Å²) in [6.07, 6.45) is 2.23. The molecule has 0 amide bonds. The van der Waals surface area contributed by atoms with E-state index in [9.17, 15) is 0 Å². The molecule has 1 aliphatic heterocycles. The van der Waals surface area contributed by atoms with Crippen LogP contribution in [0.1, 0.15) is 30.9 Å². The van der Waals surface area contributed by atoms with E-state index in [4.69, 9.17) is 4.74 Å². The van der Waals surface area contributed by atoms with Crippen molar-refractivity contribution in [1.29, 1.82) is 0 Å². The van der Waals surface area contributed by atoms with Crippen LogP contribution in [0.25, 0.3) is 0 Å². The van der Waals surface area contributed by atoms with E-state index in [0.717, 1.165) is 43.2 Å². The first-order chi connectivity index (χ1) is 13.7. The molecule has 0 aromatic heterocycles. The van der Waals surface area contributed by atoms with Crippen LogP contribution in [-0.2, 0) is 13.1 Å². The number of benzene rings is 2. The monoisotopic (exact) mass is 380 g/mol. The molecule has 0 spiro atoms. The number of hydrogen-bond acceptors (Lipinski definition) is 3. The molecule has 1 aliphatic rings. The van der Waals surface area contributed by atoms with E-state index in [1.54, 1.807) is 7.11 Å². The van der Waals surface area contributed by atoms with Crippen LogP contribution in [0.15, 0.2) is 59.6 Å². The molecular formula is C23H32N4O. The molecule has 0 saturated carbocycles. The van der Waals surface area contributed by atoms with Crippen molar-refractivity contribution in [2.75, 3.05) is 20.7 Å². The molecular weight excluding hydrogens is 348 g/mol. The molecule has 2 N–H and O–H groups in total. The Kier molecular flexibility index (Phi) is 7.31. The smallest absolute Gasteiger partial charge is 0.191 e. The highest BCUT2D eigenvalue weighted by Crippen LogP contribution is 2.20. The molecule has 0 bridgehead atoms. The number of aliphatic imine (C=N–C) groups is 1. The zero-order valence-electron chi connectivity index (χ0n) is 17.2. The molecule has 2 aromatic carbocycles. The van der Waals surface area contributed by atoms with E-state index in [-0.39, 0.29) is 0 Å². The summed E-state index contributed by atoms with van der Waals surface area (Å²) in [5.41, 5.74) is 2.51. The molecule has 5 nitrogen and oxygen atoms in total. The van der Waals surface area contributed by atoms with Crippen LogP contribution in [-0.4, -0.2) is 43.6 Å². The molecule has 1 fully saturated rings. The number of ether oxygens (including phenoxy) is 1. The van der Waals surface area contributed by atoms with Gasteiger partial charge in [-0.3, -0.25) is 9.89 Å².